The van der Waals surface area contributed by atoms with Crippen LogP contribution in [0.4, 0.5) is 0 Å². The number of aryl methyl sites for hydroxylation is 2. The molecule has 0 radical (unpaired) electrons. The first-order chi connectivity index (χ1) is 9.01. The minimum absolute atomic E-state index is 0.204. The van der Waals surface area contributed by atoms with Crippen LogP contribution < -0.4 is 4.74 Å². The van der Waals surface area contributed by atoms with Gasteiger partial charge in [-0.25, -0.2) is 0 Å². The van der Waals surface area contributed by atoms with Gasteiger partial charge in [0.2, 0.25) is 0 Å². The third-order valence-electron chi connectivity index (χ3n) is 3.40. The van der Waals surface area contributed by atoms with E-state index in [0.29, 0.717) is 0 Å². The molecule has 1 unspecified atom stereocenters. The predicted octanol–water partition coefficient (Wildman–Crippen LogP) is 3.08. The molecule has 0 aliphatic rings. The second-order valence-corrected chi connectivity index (χ2v) is 5.31. The van der Waals surface area contributed by atoms with Crippen molar-refractivity contribution in [2.24, 2.45) is 0 Å². The lowest BCUT2D eigenvalue weighted by atomic mass is 9.93. The Morgan fingerprint density at radius 2 is 1.79 bits per heavy atom. The standard InChI is InChI=1S/C16H27NO2/c1-6-9-19-14-10-12(2)16(13(3)11-14)15(7-8-18)17(4)5/h10-11,15,18H,6-9H2,1-5H3. The van der Waals surface area contributed by atoms with Crippen molar-refractivity contribution in [1.82, 2.24) is 4.90 Å². The number of ether oxygens (including phenoxy) is 1. The van der Waals surface area contributed by atoms with Crippen molar-refractivity contribution < 1.29 is 9.84 Å². The maximum absolute atomic E-state index is 9.25. The van der Waals surface area contributed by atoms with E-state index in [4.69, 9.17) is 4.74 Å². The molecule has 3 nitrogen and oxygen atoms in total. The average Bonchev–Trinajstić information content (AvgIpc) is 2.34. The largest absolute Gasteiger partial charge is 0.494 e. The van der Waals surface area contributed by atoms with Crippen molar-refractivity contribution in [3.63, 3.8) is 0 Å². The first-order valence-electron chi connectivity index (χ1n) is 7.02. The van der Waals surface area contributed by atoms with Gasteiger partial charge < -0.3 is 14.7 Å². The maximum atomic E-state index is 9.25. The Kier molecular flexibility index (Phi) is 6.32. The molecule has 0 saturated heterocycles. The topological polar surface area (TPSA) is 32.7 Å². The molecule has 0 spiro atoms. The molecule has 108 valence electrons. The normalized spacial score (nSPS) is 12.8. The highest BCUT2D eigenvalue weighted by Crippen LogP contribution is 2.31. The summed E-state index contributed by atoms with van der Waals surface area (Å²) in [5, 5.41) is 9.25. The van der Waals surface area contributed by atoms with Crippen LogP contribution in [0.1, 0.15) is 42.5 Å². The van der Waals surface area contributed by atoms with Crippen LogP contribution in [-0.4, -0.2) is 37.3 Å². The molecule has 1 N–H and O–H groups in total. The van der Waals surface area contributed by atoms with Crippen molar-refractivity contribution in [3.8, 4) is 5.75 Å². The summed E-state index contributed by atoms with van der Waals surface area (Å²) in [6.45, 7) is 7.31. The predicted molar refractivity (Wildman–Crippen MR) is 79.8 cm³/mol. The van der Waals surface area contributed by atoms with Crippen LogP contribution in [0.15, 0.2) is 12.1 Å². The maximum Gasteiger partial charge on any atom is 0.119 e. The highest BCUT2D eigenvalue weighted by atomic mass is 16.5. The van der Waals surface area contributed by atoms with Gasteiger partial charge in [0.15, 0.2) is 0 Å². The molecule has 1 atom stereocenters. The fourth-order valence-corrected chi connectivity index (χ4v) is 2.55. The minimum Gasteiger partial charge on any atom is -0.494 e. The molecular weight excluding hydrogens is 238 g/mol. The number of nitrogens with zero attached hydrogens (tertiary/aromatic N) is 1. The number of hydrogen-bond acceptors (Lipinski definition) is 3. The fourth-order valence-electron chi connectivity index (χ4n) is 2.55. The number of aliphatic hydroxyl groups excluding tert-OH is 1. The monoisotopic (exact) mass is 265 g/mol. The lowest BCUT2D eigenvalue weighted by Crippen LogP contribution is -2.22. The molecule has 0 bridgehead atoms. The molecule has 3 heteroatoms. The second-order valence-electron chi connectivity index (χ2n) is 5.31. The van der Waals surface area contributed by atoms with E-state index in [1.807, 2.05) is 0 Å². The van der Waals surface area contributed by atoms with Gasteiger partial charge in [0.25, 0.3) is 0 Å². The SMILES string of the molecule is CCCOc1cc(C)c(C(CCO)N(C)C)c(C)c1. The van der Waals surface area contributed by atoms with Crippen LogP contribution in [0, 0.1) is 13.8 Å². The third kappa shape index (κ3) is 4.22. The van der Waals surface area contributed by atoms with Gasteiger partial charge in [0.05, 0.1) is 6.61 Å². The number of rotatable bonds is 7. The Labute approximate surface area is 117 Å². The van der Waals surface area contributed by atoms with E-state index in [0.717, 1.165) is 25.2 Å². The van der Waals surface area contributed by atoms with Crippen molar-refractivity contribution in [2.45, 2.75) is 39.7 Å². The van der Waals surface area contributed by atoms with E-state index in [2.05, 4.69) is 51.9 Å². The van der Waals surface area contributed by atoms with Crippen LogP contribution in [0.2, 0.25) is 0 Å². The summed E-state index contributed by atoms with van der Waals surface area (Å²) in [6, 6.07) is 4.46. The van der Waals surface area contributed by atoms with Crippen LogP contribution in [0.25, 0.3) is 0 Å². The summed E-state index contributed by atoms with van der Waals surface area (Å²) in [5.41, 5.74) is 3.78. The van der Waals surface area contributed by atoms with Gasteiger partial charge in [-0.05, 0) is 69.6 Å². The van der Waals surface area contributed by atoms with Gasteiger partial charge in [-0.2, -0.15) is 0 Å². The van der Waals surface area contributed by atoms with Gasteiger partial charge in [0, 0.05) is 12.6 Å². The van der Waals surface area contributed by atoms with Crippen molar-refractivity contribution in [1.29, 1.82) is 0 Å². The summed E-state index contributed by atoms with van der Waals surface area (Å²) < 4.78 is 5.71. The van der Waals surface area contributed by atoms with Crippen LogP contribution >= 0.6 is 0 Å². The Morgan fingerprint density at radius 1 is 1.21 bits per heavy atom. The fraction of sp³-hybridized carbons (Fsp3) is 0.625. The van der Waals surface area contributed by atoms with Gasteiger partial charge >= 0.3 is 0 Å². The van der Waals surface area contributed by atoms with Gasteiger partial charge in [-0.15, -0.1) is 0 Å². The Balaban J connectivity index is 3.07. The molecule has 1 aromatic carbocycles. The quantitative estimate of drug-likeness (QED) is 0.822. The first kappa shape index (κ1) is 16.0. The van der Waals surface area contributed by atoms with E-state index in [9.17, 15) is 5.11 Å². The summed E-state index contributed by atoms with van der Waals surface area (Å²) in [5.74, 6) is 0.946. The second kappa shape index (κ2) is 7.51. The zero-order chi connectivity index (χ0) is 14.4. The smallest absolute Gasteiger partial charge is 0.119 e. The summed E-state index contributed by atoms with van der Waals surface area (Å²) >= 11 is 0. The van der Waals surface area contributed by atoms with E-state index >= 15 is 0 Å². The van der Waals surface area contributed by atoms with E-state index in [1.54, 1.807) is 0 Å². The summed E-state index contributed by atoms with van der Waals surface area (Å²) in [7, 11) is 4.11. The zero-order valence-corrected chi connectivity index (χ0v) is 12.9. The first-order valence-corrected chi connectivity index (χ1v) is 7.02. The Hall–Kier alpha value is -1.06. The minimum atomic E-state index is 0.204. The summed E-state index contributed by atoms with van der Waals surface area (Å²) in [4.78, 5) is 2.16. The Morgan fingerprint density at radius 3 is 2.21 bits per heavy atom. The van der Waals surface area contributed by atoms with Crippen LogP contribution in [0.3, 0.4) is 0 Å². The number of hydrogen-bond donors (Lipinski definition) is 1. The molecule has 0 amide bonds. The van der Waals surface area contributed by atoms with Crippen molar-refractivity contribution in [3.05, 3.63) is 28.8 Å². The molecule has 0 aliphatic heterocycles. The molecule has 0 aromatic heterocycles. The lowest BCUT2D eigenvalue weighted by Gasteiger charge is -2.27. The van der Waals surface area contributed by atoms with Gasteiger partial charge in [0.1, 0.15) is 5.75 Å². The molecule has 0 fully saturated rings. The van der Waals surface area contributed by atoms with Gasteiger partial charge in [-0.3, -0.25) is 0 Å². The third-order valence-corrected chi connectivity index (χ3v) is 3.40. The number of benzene rings is 1. The molecule has 0 aliphatic carbocycles. The summed E-state index contributed by atoms with van der Waals surface area (Å²) in [6.07, 6.45) is 1.77. The lowest BCUT2D eigenvalue weighted by molar-refractivity contribution is 0.209. The van der Waals surface area contributed by atoms with Crippen LogP contribution in [-0.2, 0) is 0 Å². The van der Waals surface area contributed by atoms with Crippen LogP contribution in [0.5, 0.6) is 5.75 Å². The van der Waals surface area contributed by atoms with E-state index in [1.165, 1.54) is 16.7 Å². The van der Waals surface area contributed by atoms with Gasteiger partial charge in [-0.1, -0.05) is 6.92 Å². The molecular formula is C16H27NO2. The van der Waals surface area contributed by atoms with E-state index in [-0.39, 0.29) is 12.6 Å². The highest BCUT2D eigenvalue weighted by molar-refractivity contribution is 5.43. The average molecular weight is 265 g/mol. The molecule has 1 aromatic rings. The van der Waals surface area contributed by atoms with Crippen molar-refractivity contribution in [2.75, 3.05) is 27.3 Å². The molecule has 1 rings (SSSR count). The molecule has 0 heterocycles. The zero-order valence-electron chi connectivity index (χ0n) is 12.9. The Bertz CT molecular complexity index is 379. The molecule has 0 saturated carbocycles. The number of aliphatic hydroxyl groups is 1. The van der Waals surface area contributed by atoms with E-state index < -0.39 is 0 Å². The van der Waals surface area contributed by atoms with Crippen molar-refractivity contribution >= 4 is 0 Å². The highest BCUT2D eigenvalue weighted by Gasteiger charge is 2.18. The molecule has 19 heavy (non-hydrogen) atoms.